The first-order valence-electron chi connectivity index (χ1n) is 7.03. The molecule has 0 aliphatic carbocycles. The van der Waals surface area contributed by atoms with Crippen LogP contribution in [0.5, 0.6) is 0 Å². The molecule has 0 radical (unpaired) electrons. The largest absolute Gasteiger partial charge is 0.444 e. The molecular weight excluding hydrogens is 274 g/mol. The molecule has 0 aromatic carbocycles. The summed E-state index contributed by atoms with van der Waals surface area (Å²) in [5.41, 5.74) is -0.476. The van der Waals surface area contributed by atoms with E-state index in [1.54, 1.807) is 16.2 Å². The van der Waals surface area contributed by atoms with E-state index in [1.807, 2.05) is 32.2 Å². The molecular formula is C15H23NO3S. The van der Waals surface area contributed by atoms with Gasteiger partial charge in [0, 0.05) is 23.9 Å². The van der Waals surface area contributed by atoms with Crippen LogP contribution >= 0.6 is 11.3 Å². The Morgan fingerprint density at radius 2 is 2.30 bits per heavy atom. The van der Waals surface area contributed by atoms with E-state index < -0.39 is 5.60 Å². The van der Waals surface area contributed by atoms with E-state index in [-0.39, 0.29) is 18.1 Å². The van der Waals surface area contributed by atoms with E-state index in [9.17, 15) is 9.90 Å². The summed E-state index contributed by atoms with van der Waals surface area (Å²) in [6, 6.07) is 4.09. The summed E-state index contributed by atoms with van der Waals surface area (Å²) in [5.74, 6) is 0.0925. The van der Waals surface area contributed by atoms with Gasteiger partial charge in [0.15, 0.2) is 0 Å². The van der Waals surface area contributed by atoms with Gasteiger partial charge < -0.3 is 14.7 Å². The number of hydrogen-bond acceptors (Lipinski definition) is 4. The van der Waals surface area contributed by atoms with Crippen LogP contribution in [0.25, 0.3) is 0 Å². The van der Waals surface area contributed by atoms with Gasteiger partial charge in [0.2, 0.25) is 0 Å². The van der Waals surface area contributed by atoms with E-state index in [0.717, 1.165) is 6.42 Å². The van der Waals surface area contributed by atoms with Crippen LogP contribution in [0, 0.1) is 5.92 Å². The number of amides is 1. The third-order valence-electron chi connectivity index (χ3n) is 3.39. The topological polar surface area (TPSA) is 49.8 Å². The molecule has 1 aromatic rings. The Morgan fingerprint density at radius 1 is 1.55 bits per heavy atom. The van der Waals surface area contributed by atoms with Gasteiger partial charge in [-0.15, -0.1) is 11.3 Å². The first-order valence-corrected chi connectivity index (χ1v) is 7.91. The summed E-state index contributed by atoms with van der Waals surface area (Å²) in [6.45, 7) is 6.73. The standard InChI is InChI=1S/C15H23NO3S/c1-15(2,3)19-14(18)16-7-6-13(17)11(10-16)9-12-5-4-8-20-12/h4-5,8,11,13,17H,6-7,9-10H2,1-3H3. The Morgan fingerprint density at radius 3 is 2.90 bits per heavy atom. The molecule has 1 saturated heterocycles. The highest BCUT2D eigenvalue weighted by molar-refractivity contribution is 7.09. The number of likely N-dealkylation sites (tertiary alicyclic amines) is 1. The van der Waals surface area contributed by atoms with Gasteiger partial charge in [-0.05, 0) is 45.1 Å². The molecule has 4 nitrogen and oxygen atoms in total. The second kappa shape index (κ2) is 6.14. The minimum Gasteiger partial charge on any atom is -0.444 e. The lowest BCUT2D eigenvalue weighted by Gasteiger charge is -2.36. The lowest BCUT2D eigenvalue weighted by atomic mass is 9.91. The predicted molar refractivity (Wildman–Crippen MR) is 79.9 cm³/mol. The Kier molecular flexibility index (Phi) is 4.70. The van der Waals surface area contributed by atoms with Crippen molar-refractivity contribution >= 4 is 17.4 Å². The van der Waals surface area contributed by atoms with Crippen LogP contribution in [-0.4, -0.2) is 40.9 Å². The number of ether oxygens (including phenoxy) is 1. The van der Waals surface area contributed by atoms with Crippen molar-refractivity contribution in [1.82, 2.24) is 4.90 Å². The molecule has 20 heavy (non-hydrogen) atoms. The van der Waals surface area contributed by atoms with Crippen molar-refractivity contribution in [1.29, 1.82) is 0 Å². The zero-order chi connectivity index (χ0) is 14.8. The number of carbonyl (C=O) groups is 1. The molecule has 1 amide bonds. The lowest BCUT2D eigenvalue weighted by molar-refractivity contribution is -0.00809. The maximum absolute atomic E-state index is 12.1. The Balaban J connectivity index is 1.95. The van der Waals surface area contributed by atoms with E-state index in [1.165, 1.54) is 4.88 Å². The molecule has 0 bridgehead atoms. The van der Waals surface area contributed by atoms with Crippen LogP contribution in [0.3, 0.4) is 0 Å². The van der Waals surface area contributed by atoms with Gasteiger partial charge in [0.1, 0.15) is 5.60 Å². The zero-order valence-corrected chi connectivity index (χ0v) is 13.2. The van der Waals surface area contributed by atoms with Crippen LogP contribution < -0.4 is 0 Å². The van der Waals surface area contributed by atoms with Gasteiger partial charge in [-0.1, -0.05) is 6.07 Å². The van der Waals surface area contributed by atoms with Crippen LogP contribution in [0.1, 0.15) is 32.1 Å². The fourth-order valence-electron chi connectivity index (χ4n) is 2.40. The maximum atomic E-state index is 12.1. The monoisotopic (exact) mass is 297 g/mol. The third kappa shape index (κ3) is 4.21. The summed E-state index contributed by atoms with van der Waals surface area (Å²) in [5, 5.41) is 12.2. The number of thiophene rings is 1. The molecule has 1 aliphatic rings. The van der Waals surface area contributed by atoms with Crippen LogP contribution in [0.15, 0.2) is 17.5 Å². The number of aliphatic hydroxyl groups excluding tert-OH is 1. The quantitative estimate of drug-likeness (QED) is 0.913. The first kappa shape index (κ1) is 15.3. The highest BCUT2D eigenvalue weighted by Gasteiger charge is 2.32. The third-order valence-corrected chi connectivity index (χ3v) is 4.29. The summed E-state index contributed by atoms with van der Waals surface area (Å²) < 4.78 is 5.40. The summed E-state index contributed by atoms with van der Waals surface area (Å²) in [7, 11) is 0. The van der Waals surface area contributed by atoms with E-state index in [2.05, 4.69) is 6.07 Å². The minimum absolute atomic E-state index is 0.0925. The van der Waals surface area contributed by atoms with E-state index in [0.29, 0.717) is 19.5 Å². The highest BCUT2D eigenvalue weighted by atomic mass is 32.1. The minimum atomic E-state index is -0.476. The second-order valence-corrected chi connectivity index (χ2v) is 7.36. The fraction of sp³-hybridized carbons (Fsp3) is 0.667. The number of piperidine rings is 1. The Hall–Kier alpha value is -1.07. The maximum Gasteiger partial charge on any atom is 0.410 e. The molecule has 0 saturated carbocycles. The van der Waals surface area contributed by atoms with Crippen molar-refractivity contribution in [3.05, 3.63) is 22.4 Å². The van der Waals surface area contributed by atoms with Crippen molar-refractivity contribution in [2.45, 2.75) is 45.3 Å². The van der Waals surface area contributed by atoms with Gasteiger partial charge >= 0.3 is 6.09 Å². The van der Waals surface area contributed by atoms with Gasteiger partial charge in [0.05, 0.1) is 6.10 Å². The summed E-state index contributed by atoms with van der Waals surface area (Å²) in [6.07, 6.45) is 0.823. The second-order valence-electron chi connectivity index (χ2n) is 6.33. The van der Waals surface area contributed by atoms with Gasteiger partial charge in [-0.25, -0.2) is 4.79 Å². The number of carbonyl (C=O) groups excluding carboxylic acids is 1. The molecule has 1 aromatic heterocycles. The highest BCUT2D eigenvalue weighted by Crippen LogP contribution is 2.24. The SMILES string of the molecule is CC(C)(C)OC(=O)N1CCC(O)C(Cc2cccs2)C1. The molecule has 1 N–H and O–H groups in total. The van der Waals surface area contributed by atoms with Crippen molar-refractivity contribution in [3.8, 4) is 0 Å². The summed E-state index contributed by atoms with van der Waals surface area (Å²) in [4.78, 5) is 15.1. The molecule has 1 fully saturated rings. The van der Waals surface area contributed by atoms with Crippen molar-refractivity contribution < 1.29 is 14.6 Å². The fourth-order valence-corrected chi connectivity index (χ4v) is 3.20. The average molecular weight is 297 g/mol. The molecule has 1 aliphatic heterocycles. The van der Waals surface area contributed by atoms with E-state index in [4.69, 9.17) is 4.74 Å². The first-order chi connectivity index (χ1) is 9.35. The Labute approximate surface area is 124 Å². The van der Waals surface area contributed by atoms with Crippen LogP contribution in [-0.2, 0) is 11.2 Å². The van der Waals surface area contributed by atoms with E-state index >= 15 is 0 Å². The molecule has 2 heterocycles. The predicted octanol–water partition coefficient (Wildman–Crippen LogP) is 2.91. The summed E-state index contributed by atoms with van der Waals surface area (Å²) >= 11 is 1.69. The van der Waals surface area contributed by atoms with Crippen molar-refractivity contribution in [3.63, 3.8) is 0 Å². The van der Waals surface area contributed by atoms with Crippen LogP contribution in [0.2, 0.25) is 0 Å². The molecule has 5 heteroatoms. The normalized spacial score (nSPS) is 23.7. The molecule has 112 valence electrons. The van der Waals surface area contributed by atoms with Gasteiger partial charge in [0.25, 0.3) is 0 Å². The van der Waals surface area contributed by atoms with Crippen molar-refractivity contribution in [2.75, 3.05) is 13.1 Å². The molecule has 2 rings (SSSR count). The number of nitrogens with zero attached hydrogens (tertiary/aromatic N) is 1. The number of aliphatic hydroxyl groups is 1. The Bertz CT molecular complexity index is 438. The molecule has 2 unspecified atom stereocenters. The lowest BCUT2D eigenvalue weighted by Crippen LogP contribution is -2.48. The smallest absolute Gasteiger partial charge is 0.410 e. The number of rotatable bonds is 2. The zero-order valence-electron chi connectivity index (χ0n) is 12.3. The average Bonchev–Trinajstić information content (AvgIpc) is 2.82. The van der Waals surface area contributed by atoms with Gasteiger partial charge in [-0.3, -0.25) is 0 Å². The molecule has 2 atom stereocenters. The number of hydrogen-bond donors (Lipinski definition) is 1. The van der Waals surface area contributed by atoms with Crippen LogP contribution in [0.4, 0.5) is 4.79 Å². The molecule has 0 spiro atoms. The van der Waals surface area contributed by atoms with Gasteiger partial charge in [-0.2, -0.15) is 0 Å². The van der Waals surface area contributed by atoms with Crippen molar-refractivity contribution in [2.24, 2.45) is 5.92 Å².